The molecule has 0 N–H and O–H groups in total. The molecule has 0 spiro atoms. The number of ether oxygens (including phenoxy) is 6. The Bertz CT molecular complexity index is 1370. The minimum absolute atomic E-state index is 0.0644. The second kappa shape index (κ2) is 29.6. The lowest BCUT2D eigenvalue weighted by Gasteiger charge is -2.26. The maximum Gasteiger partial charge on any atom is 0.338 e. The third-order valence-electron chi connectivity index (χ3n) is 12.1. The molecule has 0 bridgehead atoms. The summed E-state index contributed by atoms with van der Waals surface area (Å²) in [5, 5.41) is 0. The van der Waals surface area contributed by atoms with Gasteiger partial charge in [-0.25, -0.2) is 9.59 Å². The molecule has 2 aliphatic carbocycles. The van der Waals surface area contributed by atoms with Gasteiger partial charge in [0.15, 0.2) is 12.2 Å². The zero-order valence-corrected chi connectivity index (χ0v) is 37.6. The third-order valence-corrected chi connectivity index (χ3v) is 12.1. The van der Waals surface area contributed by atoms with Crippen LogP contribution in [0.2, 0.25) is 0 Å². The monoisotopic (exact) mass is 831 g/mol. The number of unbranched alkanes of at least 4 members (excludes halogenated alkanes) is 4. The summed E-state index contributed by atoms with van der Waals surface area (Å²) in [6.45, 7) is 9.94. The molecule has 2 atom stereocenters. The normalized spacial score (nSPS) is 20.5. The van der Waals surface area contributed by atoms with E-state index in [-0.39, 0.29) is 26.4 Å². The molecule has 334 valence electrons. The number of carbonyl (C=O) groups is 2. The largest absolute Gasteiger partial charge is 0.490 e. The second-order valence-electron chi connectivity index (χ2n) is 17.1. The van der Waals surface area contributed by atoms with Gasteiger partial charge in [0, 0.05) is 0 Å². The van der Waals surface area contributed by atoms with Crippen molar-refractivity contribution < 1.29 is 38.0 Å². The zero-order chi connectivity index (χ0) is 42.6. The Morgan fingerprint density at radius 2 is 0.917 bits per heavy atom. The van der Waals surface area contributed by atoms with Gasteiger partial charge in [-0.3, -0.25) is 0 Å². The van der Waals surface area contributed by atoms with Crippen LogP contribution in [0.25, 0.3) is 0 Å². The van der Waals surface area contributed by atoms with Crippen LogP contribution in [0.4, 0.5) is 0 Å². The summed E-state index contributed by atoms with van der Waals surface area (Å²) in [6.07, 6.45) is 28.9. The van der Waals surface area contributed by atoms with Crippen LogP contribution in [0.1, 0.15) is 154 Å². The number of esters is 2. The molecule has 2 aliphatic rings. The fraction of sp³-hybridized carbons (Fsp3) is 0.654. The average molecular weight is 831 g/mol. The van der Waals surface area contributed by atoms with Crippen molar-refractivity contribution in [2.24, 2.45) is 23.7 Å². The molecule has 0 aliphatic heterocycles. The van der Waals surface area contributed by atoms with Gasteiger partial charge in [0.05, 0.1) is 26.4 Å². The van der Waals surface area contributed by atoms with Crippen LogP contribution < -0.4 is 9.47 Å². The summed E-state index contributed by atoms with van der Waals surface area (Å²) < 4.78 is 35.3. The first-order valence-electron chi connectivity index (χ1n) is 23.7. The van der Waals surface area contributed by atoms with Crippen LogP contribution in [0, 0.1) is 23.7 Å². The minimum Gasteiger partial charge on any atom is -0.490 e. The van der Waals surface area contributed by atoms with Gasteiger partial charge in [0.1, 0.15) is 24.7 Å². The highest BCUT2D eigenvalue weighted by Gasteiger charge is 2.38. The zero-order valence-electron chi connectivity index (χ0n) is 37.6. The molecular formula is C52H78O8. The van der Waals surface area contributed by atoms with Gasteiger partial charge < -0.3 is 28.4 Å². The Morgan fingerprint density at radius 1 is 0.533 bits per heavy atom. The first-order chi connectivity index (χ1) is 29.4. The van der Waals surface area contributed by atoms with Gasteiger partial charge in [-0.05, 0) is 123 Å². The molecular weight excluding hydrogens is 753 g/mol. The molecule has 2 aromatic carbocycles. The Kier molecular flexibility index (Phi) is 24.2. The molecule has 60 heavy (non-hydrogen) atoms. The fourth-order valence-electron chi connectivity index (χ4n) is 8.35. The van der Waals surface area contributed by atoms with Crippen molar-refractivity contribution in [1.29, 1.82) is 0 Å². The summed E-state index contributed by atoms with van der Waals surface area (Å²) in [4.78, 5) is 26.8. The van der Waals surface area contributed by atoms with Gasteiger partial charge in [-0.2, -0.15) is 0 Å². The predicted molar refractivity (Wildman–Crippen MR) is 241 cm³/mol. The van der Waals surface area contributed by atoms with Crippen molar-refractivity contribution in [3.63, 3.8) is 0 Å². The van der Waals surface area contributed by atoms with E-state index in [2.05, 4.69) is 38.2 Å². The lowest BCUT2D eigenvalue weighted by atomic mass is 9.79. The van der Waals surface area contributed by atoms with Crippen LogP contribution in [0.3, 0.4) is 0 Å². The number of allylic oxidation sites excluding steroid dienone is 2. The van der Waals surface area contributed by atoms with E-state index >= 15 is 0 Å². The molecule has 2 fully saturated rings. The maximum absolute atomic E-state index is 13.4. The standard InChI is InChI=1S/C52H78O8/c1-5-9-11-15-41-19-23-43(24-20-41)17-13-37-55-47-31-27-45(28-32-47)39-59-49(51(53)57-35-7-3)50(52(54)58-36-8-4)60-40-46-29-33-48(34-30-46)56-38-14-18-44-25-21-42(22-26-44)16-12-10-6-2/h13-14,17-18,27-34,41-44,49-50H,5-12,15-16,19-26,35-40H2,1-4H3/b17-13+,18-14+/t41?,42?,43?,44?,49-,50-/m1/s1. The predicted octanol–water partition coefficient (Wildman–Crippen LogP) is 12.7. The first-order valence-corrected chi connectivity index (χ1v) is 23.7. The van der Waals surface area contributed by atoms with E-state index in [1.54, 1.807) is 0 Å². The molecule has 2 aromatic rings. The first kappa shape index (κ1) is 49.0. The quantitative estimate of drug-likeness (QED) is 0.0455. The van der Waals surface area contributed by atoms with E-state index in [0.29, 0.717) is 37.9 Å². The van der Waals surface area contributed by atoms with Crippen molar-refractivity contribution in [1.82, 2.24) is 0 Å². The Hall–Kier alpha value is -3.62. The maximum atomic E-state index is 13.4. The van der Waals surface area contributed by atoms with Gasteiger partial charge >= 0.3 is 11.9 Å². The molecule has 2 saturated carbocycles. The van der Waals surface area contributed by atoms with Gasteiger partial charge in [-0.15, -0.1) is 0 Å². The topological polar surface area (TPSA) is 89.5 Å². The summed E-state index contributed by atoms with van der Waals surface area (Å²) in [7, 11) is 0. The van der Waals surface area contributed by atoms with Crippen molar-refractivity contribution in [3.8, 4) is 11.5 Å². The van der Waals surface area contributed by atoms with E-state index in [4.69, 9.17) is 28.4 Å². The van der Waals surface area contributed by atoms with Crippen molar-refractivity contribution >= 4 is 11.9 Å². The Labute approximate surface area is 363 Å². The Morgan fingerprint density at radius 3 is 1.27 bits per heavy atom. The Balaban J connectivity index is 1.26. The highest BCUT2D eigenvalue weighted by atomic mass is 16.6. The van der Waals surface area contributed by atoms with Crippen LogP contribution in [0.5, 0.6) is 11.5 Å². The number of benzene rings is 2. The van der Waals surface area contributed by atoms with Gasteiger partial charge in [0.25, 0.3) is 0 Å². The summed E-state index contributed by atoms with van der Waals surface area (Å²) >= 11 is 0. The highest BCUT2D eigenvalue weighted by molar-refractivity contribution is 5.85. The number of rotatable bonds is 29. The molecule has 0 saturated heterocycles. The van der Waals surface area contributed by atoms with E-state index in [0.717, 1.165) is 34.5 Å². The SMILES string of the molecule is CCCCCC1CCC(/C=C/COc2ccc(CO[C@@H](C(=O)OCCC)[C@@H](OCc3ccc(OC/C=C/C4CCC(CCCCC)CC4)cc3)C(=O)OCCC)cc2)CC1. The van der Waals surface area contributed by atoms with E-state index in [9.17, 15) is 9.59 Å². The fourth-order valence-corrected chi connectivity index (χ4v) is 8.35. The summed E-state index contributed by atoms with van der Waals surface area (Å²) in [5.41, 5.74) is 1.64. The molecule has 4 rings (SSSR count). The van der Waals surface area contributed by atoms with E-state index in [1.165, 1.54) is 103 Å². The summed E-state index contributed by atoms with van der Waals surface area (Å²) in [6, 6.07) is 15.2. The summed E-state index contributed by atoms with van der Waals surface area (Å²) in [5.74, 6) is 3.30. The lowest BCUT2D eigenvalue weighted by molar-refractivity contribution is -0.186. The minimum atomic E-state index is -1.32. The number of hydrogen-bond donors (Lipinski definition) is 0. The van der Waals surface area contributed by atoms with Crippen molar-refractivity contribution in [2.45, 2.75) is 169 Å². The highest BCUT2D eigenvalue weighted by Crippen LogP contribution is 2.34. The average Bonchev–Trinajstić information content (AvgIpc) is 3.28. The van der Waals surface area contributed by atoms with Crippen LogP contribution in [-0.4, -0.2) is 50.6 Å². The van der Waals surface area contributed by atoms with Crippen LogP contribution >= 0.6 is 0 Å². The molecule has 0 amide bonds. The van der Waals surface area contributed by atoms with Crippen molar-refractivity contribution in [2.75, 3.05) is 26.4 Å². The molecule has 8 heteroatoms. The van der Waals surface area contributed by atoms with E-state index in [1.807, 2.05) is 62.4 Å². The molecule has 0 aromatic heterocycles. The van der Waals surface area contributed by atoms with Crippen LogP contribution in [0.15, 0.2) is 72.8 Å². The van der Waals surface area contributed by atoms with E-state index < -0.39 is 24.1 Å². The smallest absolute Gasteiger partial charge is 0.338 e. The molecule has 0 unspecified atom stereocenters. The van der Waals surface area contributed by atoms with Crippen molar-refractivity contribution in [3.05, 3.63) is 84.0 Å². The van der Waals surface area contributed by atoms with Gasteiger partial charge in [-0.1, -0.05) is 128 Å². The number of carbonyl (C=O) groups excluding carboxylic acids is 2. The third kappa shape index (κ3) is 19.0. The lowest BCUT2D eigenvalue weighted by Crippen LogP contribution is -2.45. The second-order valence-corrected chi connectivity index (χ2v) is 17.1. The number of hydrogen-bond acceptors (Lipinski definition) is 8. The molecule has 0 radical (unpaired) electrons. The molecule has 8 nitrogen and oxygen atoms in total. The van der Waals surface area contributed by atoms with Gasteiger partial charge in [0.2, 0.25) is 0 Å². The van der Waals surface area contributed by atoms with Crippen LogP contribution in [-0.2, 0) is 41.8 Å². The molecule has 0 heterocycles.